The Hall–Kier alpha value is -5.29. The maximum absolute atomic E-state index is 13.8. The molecule has 4 aliphatic rings. The molecule has 0 bridgehead atoms. The number of para-hydroxylation sites is 1. The summed E-state index contributed by atoms with van der Waals surface area (Å²) in [6.45, 7) is 10.8. The van der Waals surface area contributed by atoms with Crippen LogP contribution in [0.2, 0.25) is 0 Å². The number of nitriles is 1. The molecule has 4 fully saturated rings. The van der Waals surface area contributed by atoms with E-state index >= 15 is 0 Å². The maximum Gasteiger partial charge on any atom is 0.417 e. The normalized spacial score (nSPS) is 23.1. The molecule has 318 valence electrons. The molecule has 3 aromatic rings. The molecule has 2 aromatic carbocycles. The molecule has 2 N–H and O–H groups in total. The van der Waals surface area contributed by atoms with Crippen molar-refractivity contribution in [1.82, 2.24) is 24.9 Å². The lowest BCUT2D eigenvalue weighted by molar-refractivity contribution is -0.468. The van der Waals surface area contributed by atoms with E-state index in [0.29, 0.717) is 61.2 Å². The first-order valence-corrected chi connectivity index (χ1v) is 20.4. The van der Waals surface area contributed by atoms with Crippen molar-refractivity contribution in [3.8, 4) is 6.07 Å². The number of aromatic nitrogens is 2. The van der Waals surface area contributed by atoms with Crippen LogP contribution >= 0.6 is 12.2 Å². The van der Waals surface area contributed by atoms with E-state index in [2.05, 4.69) is 39.4 Å². The van der Waals surface area contributed by atoms with Crippen LogP contribution in [0.3, 0.4) is 0 Å². The Morgan fingerprint density at radius 2 is 1.80 bits per heavy atom. The van der Waals surface area contributed by atoms with E-state index in [4.69, 9.17) is 17.0 Å². The molecule has 5 amide bonds. The number of urea groups is 1. The number of nitrogens with zero attached hydrogens (tertiary/aromatic N) is 8. The van der Waals surface area contributed by atoms with Gasteiger partial charge in [0.25, 0.3) is 0 Å². The van der Waals surface area contributed by atoms with Crippen LogP contribution in [-0.2, 0) is 32.3 Å². The van der Waals surface area contributed by atoms with E-state index < -0.39 is 34.8 Å². The summed E-state index contributed by atoms with van der Waals surface area (Å²) < 4.78 is 51.0. The quantitative estimate of drug-likeness (QED) is 0.227. The van der Waals surface area contributed by atoms with Gasteiger partial charge in [-0.3, -0.25) is 34.3 Å². The van der Waals surface area contributed by atoms with Crippen molar-refractivity contribution in [3.63, 3.8) is 0 Å². The van der Waals surface area contributed by atoms with Gasteiger partial charge in [-0.25, -0.2) is 14.2 Å². The molecule has 1 aromatic heterocycles. The highest BCUT2D eigenvalue weighted by Gasteiger charge is 2.57. The number of carbonyl (C=O) groups excluding carboxylic acids is 4. The van der Waals surface area contributed by atoms with Gasteiger partial charge in [0, 0.05) is 82.2 Å². The second-order valence-electron chi connectivity index (χ2n) is 16.4. The third-order valence-corrected chi connectivity index (χ3v) is 12.2. The molecule has 4 heterocycles. The van der Waals surface area contributed by atoms with Crippen LogP contribution < -0.4 is 20.4 Å². The van der Waals surface area contributed by atoms with Crippen LogP contribution in [0.5, 0.6) is 0 Å². The number of ether oxygens (including phenoxy) is 1. The molecule has 1 saturated carbocycles. The van der Waals surface area contributed by atoms with E-state index in [-0.39, 0.29) is 60.3 Å². The largest absolute Gasteiger partial charge is 0.417 e. The minimum absolute atomic E-state index is 0.00582. The molecule has 3 aliphatic heterocycles. The Labute approximate surface area is 350 Å². The number of benzene rings is 2. The lowest BCUT2D eigenvalue weighted by atomic mass is 9.93. The van der Waals surface area contributed by atoms with Crippen molar-refractivity contribution >= 4 is 74.9 Å². The summed E-state index contributed by atoms with van der Waals surface area (Å²) in [4.78, 5) is 58.4. The number of aryl methyl sites for hydroxylation is 1. The van der Waals surface area contributed by atoms with E-state index in [0.717, 1.165) is 35.8 Å². The predicted molar refractivity (Wildman–Crippen MR) is 221 cm³/mol. The van der Waals surface area contributed by atoms with Crippen LogP contribution in [0.15, 0.2) is 36.4 Å². The van der Waals surface area contributed by atoms with E-state index in [1.807, 2.05) is 6.07 Å². The van der Waals surface area contributed by atoms with Gasteiger partial charge in [0.1, 0.15) is 5.69 Å². The summed E-state index contributed by atoms with van der Waals surface area (Å²) >= 11 is 5.73. The van der Waals surface area contributed by atoms with Gasteiger partial charge in [0.2, 0.25) is 17.4 Å². The van der Waals surface area contributed by atoms with Crippen molar-refractivity contribution in [3.05, 3.63) is 47.5 Å². The first kappa shape index (κ1) is 42.8. The van der Waals surface area contributed by atoms with Gasteiger partial charge in [0.05, 0.1) is 53.4 Å². The lowest BCUT2D eigenvalue weighted by Gasteiger charge is -2.44. The minimum atomic E-state index is -4.77. The first-order chi connectivity index (χ1) is 28.4. The second-order valence-corrected chi connectivity index (χ2v) is 16.7. The lowest BCUT2D eigenvalue weighted by Crippen LogP contribution is -2.58. The molecule has 7 rings (SSSR count). The summed E-state index contributed by atoms with van der Waals surface area (Å²) in [5.74, 6) is -0.526. The monoisotopic (exact) mass is 849 g/mol. The minimum Gasteiger partial charge on any atom is -0.377 e. The molecule has 0 radical (unpaired) electrons. The average Bonchev–Trinajstić information content (AvgIpc) is 3.61. The fourth-order valence-electron chi connectivity index (χ4n) is 8.92. The SMILES string of the molecule is C[C@@H]1CN(CCOC2CCC(=[N+]3C(=S)N(c4ccc(C#N)c(C(F)(F)F)c4)C(=O)C3(C)C)CC2)C[C@H](C)N1CC(=O)Nc1cccc2c(N3CCC(=O)NC3=O)nn(C)c12. The van der Waals surface area contributed by atoms with Crippen LogP contribution in [-0.4, -0.2) is 122 Å². The Morgan fingerprint density at radius 3 is 2.45 bits per heavy atom. The van der Waals surface area contributed by atoms with Crippen molar-refractivity contribution in [2.24, 2.45) is 7.05 Å². The van der Waals surface area contributed by atoms with Gasteiger partial charge in [0.15, 0.2) is 5.82 Å². The average molecular weight is 850 g/mol. The Kier molecular flexibility index (Phi) is 11.9. The Balaban J connectivity index is 0.904. The summed E-state index contributed by atoms with van der Waals surface area (Å²) in [5, 5.41) is 20.0. The molecular formula is C41H48F3N10O5S+. The third kappa shape index (κ3) is 8.25. The topological polar surface area (TPSA) is 159 Å². The van der Waals surface area contributed by atoms with Gasteiger partial charge in [-0.15, -0.1) is 4.90 Å². The molecule has 1 aliphatic carbocycles. The second kappa shape index (κ2) is 16.6. The van der Waals surface area contributed by atoms with Crippen molar-refractivity contribution in [2.45, 2.75) is 89.7 Å². The molecular weight excluding hydrogens is 802 g/mol. The number of rotatable bonds is 9. The standard InChI is InChI=1S/C41H47F3N10O5S/c1-24-21-50(22-25(2)52(24)23-34(56)46-32-8-6-7-30-35(32)49(5)48-36(30)51-16-15-33(55)47-38(51)58)17-18-59-29-13-11-27(12-14-29)54-39(60)53(37(57)40(54,3)4)28-10-9-26(20-45)31(19-28)41(42,43)44/h6-10,19,24-25,29H,11-18,21-23H2,1-5H3,(H-,46,47,55,56,58)/p+1/t24-,25+,29?. The number of carbonyl (C=O) groups is 4. The van der Waals surface area contributed by atoms with Gasteiger partial charge < -0.3 is 10.1 Å². The molecule has 0 spiro atoms. The number of piperazine rings is 1. The van der Waals surface area contributed by atoms with Gasteiger partial charge in [-0.1, -0.05) is 6.07 Å². The number of hydrogen-bond donors (Lipinski definition) is 2. The highest BCUT2D eigenvalue weighted by Crippen LogP contribution is 2.38. The Bertz CT molecular complexity index is 2320. The van der Waals surface area contributed by atoms with E-state index in [1.54, 1.807) is 48.4 Å². The van der Waals surface area contributed by atoms with Crippen LogP contribution in [0, 0.1) is 11.3 Å². The predicted octanol–water partition coefficient (Wildman–Crippen LogP) is 4.77. The summed E-state index contributed by atoms with van der Waals surface area (Å²) in [7, 11) is 1.75. The fraction of sp³-hybridized carbons (Fsp3) is 0.512. The molecule has 15 nitrogen and oxygen atoms in total. The highest BCUT2D eigenvalue weighted by molar-refractivity contribution is 7.80. The van der Waals surface area contributed by atoms with Crippen molar-refractivity contribution in [2.75, 3.05) is 54.4 Å². The number of halogens is 3. The molecule has 19 heteroatoms. The van der Waals surface area contributed by atoms with Crippen LogP contribution in [0.1, 0.15) is 70.9 Å². The summed E-state index contributed by atoms with van der Waals surface area (Å²) in [5.41, 5.74) is -0.618. The number of imide groups is 1. The maximum atomic E-state index is 13.8. The number of anilines is 3. The first-order valence-electron chi connectivity index (χ1n) is 20.0. The third-order valence-electron chi connectivity index (χ3n) is 11.9. The van der Waals surface area contributed by atoms with E-state index in [1.165, 1.54) is 11.0 Å². The van der Waals surface area contributed by atoms with Crippen molar-refractivity contribution in [1.29, 1.82) is 5.26 Å². The molecule has 60 heavy (non-hydrogen) atoms. The zero-order valence-electron chi connectivity index (χ0n) is 34.1. The van der Waals surface area contributed by atoms with E-state index in [9.17, 15) is 37.6 Å². The van der Waals surface area contributed by atoms with Crippen molar-refractivity contribution < 1.29 is 41.7 Å². The summed E-state index contributed by atoms with van der Waals surface area (Å²) in [6.07, 6.45) is -1.99. The molecule has 0 unspecified atom stereocenters. The highest BCUT2D eigenvalue weighted by atomic mass is 32.1. The zero-order chi connectivity index (χ0) is 43.3. The summed E-state index contributed by atoms with van der Waals surface area (Å²) in [6, 6.07) is 9.84. The zero-order valence-corrected chi connectivity index (χ0v) is 35.0. The van der Waals surface area contributed by atoms with Gasteiger partial charge in [-0.05, 0) is 70.9 Å². The molecule has 3 saturated heterocycles. The Morgan fingerprint density at radius 1 is 1.10 bits per heavy atom. The van der Waals surface area contributed by atoms with Crippen LogP contribution in [0.4, 0.5) is 35.2 Å². The smallest absolute Gasteiger partial charge is 0.377 e. The number of thiocarbonyl (C=S) groups is 1. The molecule has 2 atom stereocenters. The van der Waals surface area contributed by atoms with Gasteiger partial charge >= 0.3 is 23.2 Å². The number of hydrogen-bond acceptors (Lipinski definition) is 10. The van der Waals surface area contributed by atoms with Gasteiger partial charge in [-0.2, -0.15) is 23.5 Å². The van der Waals surface area contributed by atoms with Crippen LogP contribution in [0.25, 0.3) is 10.9 Å². The number of fused-ring (bicyclic) bond motifs is 1. The fourth-order valence-corrected chi connectivity index (χ4v) is 9.47. The number of amides is 5. The number of alkyl halides is 3. The number of nitrogens with one attached hydrogen (secondary N) is 2.